The van der Waals surface area contributed by atoms with E-state index in [-0.39, 0.29) is 5.91 Å². The number of ether oxygens (including phenoxy) is 1. The summed E-state index contributed by atoms with van der Waals surface area (Å²) in [5.41, 5.74) is 5.29. The summed E-state index contributed by atoms with van der Waals surface area (Å²) in [5.74, 6) is 0.718. The van der Waals surface area contributed by atoms with E-state index in [0.29, 0.717) is 12.2 Å². The van der Waals surface area contributed by atoms with Gasteiger partial charge in [0.25, 0.3) is 5.91 Å². The van der Waals surface area contributed by atoms with Gasteiger partial charge in [-0.05, 0) is 55.7 Å². The van der Waals surface area contributed by atoms with Gasteiger partial charge in [0.1, 0.15) is 17.1 Å². The van der Waals surface area contributed by atoms with E-state index in [1.165, 1.54) is 0 Å². The first-order valence-corrected chi connectivity index (χ1v) is 7.86. The van der Waals surface area contributed by atoms with Crippen molar-refractivity contribution < 1.29 is 9.53 Å². The molecule has 124 valence electrons. The fourth-order valence-corrected chi connectivity index (χ4v) is 2.85. The zero-order valence-corrected chi connectivity index (χ0v) is 14.4. The molecule has 3 rings (SSSR count). The average molecular weight is 323 g/mol. The molecule has 0 radical (unpaired) electrons. The van der Waals surface area contributed by atoms with Crippen molar-refractivity contribution in [2.45, 2.75) is 27.3 Å². The largest absolute Gasteiger partial charge is 0.496 e. The summed E-state index contributed by atoms with van der Waals surface area (Å²) in [6, 6.07) is 9.83. The van der Waals surface area contributed by atoms with Gasteiger partial charge in [-0.2, -0.15) is 0 Å². The van der Waals surface area contributed by atoms with Gasteiger partial charge in [0, 0.05) is 12.7 Å². The normalized spacial score (nSPS) is 10.8. The molecule has 1 aromatic carbocycles. The Labute approximate surface area is 141 Å². The lowest BCUT2D eigenvalue weighted by Gasteiger charge is -2.09. The number of carbonyl (C=O) groups excluding carboxylic acids is 1. The average Bonchev–Trinajstić information content (AvgIpc) is 2.87. The van der Waals surface area contributed by atoms with E-state index in [4.69, 9.17) is 4.74 Å². The molecule has 0 unspecified atom stereocenters. The van der Waals surface area contributed by atoms with Crippen LogP contribution >= 0.6 is 0 Å². The van der Waals surface area contributed by atoms with Crippen molar-refractivity contribution in [3.05, 3.63) is 64.6 Å². The van der Waals surface area contributed by atoms with Crippen molar-refractivity contribution in [1.29, 1.82) is 0 Å². The third-order valence-electron chi connectivity index (χ3n) is 4.08. The van der Waals surface area contributed by atoms with E-state index in [1.54, 1.807) is 7.11 Å². The molecular formula is C19H21N3O2. The van der Waals surface area contributed by atoms with Crippen molar-refractivity contribution in [2.75, 3.05) is 7.11 Å². The lowest BCUT2D eigenvalue weighted by atomic mass is 10.1. The zero-order valence-electron chi connectivity index (χ0n) is 14.4. The molecule has 0 bridgehead atoms. The van der Waals surface area contributed by atoms with Crippen LogP contribution in [-0.2, 0) is 6.54 Å². The smallest absolute Gasteiger partial charge is 0.270 e. The second-order valence-corrected chi connectivity index (χ2v) is 5.96. The number of nitrogens with one attached hydrogen (secondary N) is 1. The van der Waals surface area contributed by atoms with Crippen LogP contribution < -0.4 is 10.1 Å². The summed E-state index contributed by atoms with van der Waals surface area (Å²) in [4.78, 5) is 17.1. The van der Waals surface area contributed by atoms with Crippen molar-refractivity contribution >= 4 is 11.6 Å². The molecule has 1 amide bonds. The Balaban J connectivity index is 1.80. The van der Waals surface area contributed by atoms with Gasteiger partial charge in [0.15, 0.2) is 0 Å². The maximum atomic E-state index is 12.6. The predicted octanol–water partition coefficient (Wildman–Crippen LogP) is 3.20. The summed E-state index contributed by atoms with van der Waals surface area (Å²) < 4.78 is 7.09. The molecule has 0 fully saturated rings. The number of rotatable bonds is 4. The van der Waals surface area contributed by atoms with Crippen LogP contribution in [0.5, 0.6) is 5.75 Å². The van der Waals surface area contributed by atoms with Crippen molar-refractivity contribution in [1.82, 2.24) is 14.7 Å². The Hall–Kier alpha value is -2.82. The maximum absolute atomic E-state index is 12.6. The first-order valence-electron chi connectivity index (χ1n) is 7.86. The molecule has 2 heterocycles. The van der Waals surface area contributed by atoms with Crippen molar-refractivity contribution in [2.24, 2.45) is 0 Å². The number of amides is 1. The Morgan fingerprint density at radius 2 is 2.00 bits per heavy atom. The molecule has 0 spiro atoms. The van der Waals surface area contributed by atoms with Gasteiger partial charge in [0.2, 0.25) is 0 Å². The highest BCUT2D eigenvalue weighted by Crippen LogP contribution is 2.19. The van der Waals surface area contributed by atoms with Crippen LogP contribution in [0.3, 0.4) is 0 Å². The van der Waals surface area contributed by atoms with Crippen LogP contribution in [0.4, 0.5) is 0 Å². The van der Waals surface area contributed by atoms with E-state index in [0.717, 1.165) is 33.8 Å². The molecular weight excluding hydrogens is 302 g/mol. The number of aromatic nitrogens is 2. The molecule has 24 heavy (non-hydrogen) atoms. The molecule has 0 saturated carbocycles. The third-order valence-corrected chi connectivity index (χ3v) is 4.08. The lowest BCUT2D eigenvalue weighted by molar-refractivity contribution is 0.0944. The van der Waals surface area contributed by atoms with Crippen LogP contribution in [0.25, 0.3) is 5.65 Å². The summed E-state index contributed by atoms with van der Waals surface area (Å²) >= 11 is 0. The number of imidazole rings is 1. The second kappa shape index (κ2) is 6.35. The third kappa shape index (κ3) is 2.97. The number of aryl methyl sites for hydroxylation is 3. The number of methoxy groups -OCH3 is 1. The Morgan fingerprint density at radius 3 is 2.71 bits per heavy atom. The first kappa shape index (κ1) is 16.1. The highest BCUT2D eigenvalue weighted by Gasteiger charge is 2.16. The summed E-state index contributed by atoms with van der Waals surface area (Å²) in [5, 5.41) is 2.97. The molecule has 5 heteroatoms. The lowest BCUT2D eigenvalue weighted by Crippen LogP contribution is -2.25. The molecule has 3 aromatic rings. The molecule has 0 saturated heterocycles. The summed E-state index contributed by atoms with van der Waals surface area (Å²) in [6.07, 6.45) is 1.89. The quantitative estimate of drug-likeness (QED) is 0.802. The maximum Gasteiger partial charge on any atom is 0.270 e. The van der Waals surface area contributed by atoms with Gasteiger partial charge < -0.3 is 10.1 Å². The van der Waals surface area contributed by atoms with E-state index in [9.17, 15) is 4.79 Å². The van der Waals surface area contributed by atoms with Gasteiger partial charge >= 0.3 is 0 Å². The van der Waals surface area contributed by atoms with E-state index in [2.05, 4.69) is 10.3 Å². The highest BCUT2D eigenvalue weighted by molar-refractivity contribution is 5.94. The second-order valence-electron chi connectivity index (χ2n) is 5.96. The van der Waals surface area contributed by atoms with E-state index >= 15 is 0 Å². The molecule has 2 aromatic heterocycles. The molecule has 0 aliphatic rings. The Kier molecular flexibility index (Phi) is 4.25. The summed E-state index contributed by atoms with van der Waals surface area (Å²) in [6.45, 7) is 6.31. The highest BCUT2D eigenvalue weighted by atomic mass is 16.5. The van der Waals surface area contributed by atoms with Crippen LogP contribution in [0, 0.1) is 20.8 Å². The minimum Gasteiger partial charge on any atom is -0.496 e. The Bertz CT molecular complexity index is 912. The number of benzene rings is 1. The Morgan fingerprint density at radius 1 is 1.21 bits per heavy atom. The van der Waals surface area contributed by atoms with Gasteiger partial charge in [-0.15, -0.1) is 0 Å². The topological polar surface area (TPSA) is 55.6 Å². The number of carbonyl (C=O) groups is 1. The molecule has 1 N–H and O–H groups in total. The monoisotopic (exact) mass is 323 g/mol. The number of hydrogen-bond acceptors (Lipinski definition) is 3. The van der Waals surface area contributed by atoms with Gasteiger partial charge in [0.05, 0.1) is 12.8 Å². The van der Waals surface area contributed by atoms with Gasteiger partial charge in [-0.3, -0.25) is 9.20 Å². The minimum atomic E-state index is -0.127. The predicted molar refractivity (Wildman–Crippen MR) is 93.6 cm³/mol. The van der Waals surface area contributed by atoms with Crippen LogP contribution in [0.1, 0.15) is 32.9 Å². The van der Waals surface area contributed by atoms with Crippen LogP contribution in [0.2, 0.25) is 0 Å². The van der Waals surface area contributed by atoms with Crippen molar-refractivity contribution in [3.8, 4) is 5.75 Å². The summed E-state index contributed by atoms with van der Waals surface area (Å²) in [7, 11) is 1.65. The molecule has 0 atom stereocenters. The molecule has 0 aliphatic heterocycles. The molecule has 0 aliphatic carbocycles. The number of hydrogen-bond donors (Lipinski definition) is 1. The standard InChI is InChI=1S/C19H21N3O2/c1-12-7-8-22-17(9-12)21-14(3)18(22)19(23)20-11-15-5-6-16(24-4)13(2)10-15/h5-10H,11H2,1-4H3,(H,20,23). The van der Waals surface area contributed by atoms with Gasteiger partial charge in [-0.25, -0.2) is 4.98 Å². The van der Waals surface area contributed by atoms with Gasteiger partial charge in [-0.1, -0.05) is 12.1 Å². The fourth-order valence-electron chi connectivity index (χ4n) is 2.85. The SMILES string of the molecule is COc1ccc(CNC(=O)c2c(C)nc3cc(C)ccn23)cc1C. The van der Waals surface area contributed by atoms with E-state index < -0.39 is 0 Å². The molecule has 5 nitrogen and oxygen atoms in total. The minimum absolute atomic E-state index is 0.127. The first-order chi connectivity index (χ1) is 11.5. The van der Waals surface area contributed by atoms with Crippen LogP contribution in [0.15, 0.2) is 36.5 Å². The van der Waals surface area contributed by atoms with Crippen molar-refractivity contribution in [3.63, 3.8) is 0 Å². The number of nitrogens with zero attached hydrogens (tertiary/aromatic N) is 2. The fraction of sp³-hybridized carbons (Fsp3) is 0.263. The van der Waals surface area contributed by atoms with E-state index in [1.807, 2.05) is 61.7 Å². The number of pyridine rings is 1. The van der Waals surface area contributed by atoms with Crippen LogP contribution in [-0.4, -0.2) is 22.4 Å². The number of fused-ring (bicyclic) bond motifs is 1. The zero-order chi connectivity index (χ0) is 17.3.